The number of pyridine rings is 2. The van der Waals surface area contributed by atoms with Gasteiger partial charge in [-0.3, -0.25) is 9.38 Å². The number of hydrogen-bond donors (Lipinski definition) is 2. The lowest BCUT2D eigenvalue weighted by molar-refractivity contribution is 0.249. The Bertz CT molecular complexity index is 1320. The van der Waals surface area contributed by atoms with Gasteiger partial charge in [0.15, 0.2) is 17.2 Å². The highest BCUT2D eigenvalue weighted by atomic mass is 19.1. The molecule has 0 saturated carbocycles. The van der Waals surface area contributed by atoms with Crippen molar-refractivity contribution in [1.29, 1.82) is 0 Å². The van der Waals surface area contributed by atoms with Crippen molar-refractivity contribution in [3.05, 3.63) is 65.5 Å². The van der Waals surface area contributed by atoms with Gasteiger partial charge in [-0.15, -0.1) is 10.2 Å². The molecule has 5 heterocycles. The summed E-state index contributed by atoms with van der Waals surface area (Å²) in [5, 5.41) is 21.4. The van der Waals surface area contributed by atoms with Gasteiger partial charge in [0.1, 0.15) is 17.9 Å². The first-order valence-electron chi connectivity index (χ1n) is 9.97. The van der Waals surface area contributed by atoms with Crippen LogP contribution in [0.15, 0.2) is 42.9 Å². The minimum atomic E-state index is -0.273. The number of nitrogens with zero attached hydrogens (tertiary/aromatic N) is 4. The Morgan fingerprint density at radius 2 is 2.03 bits per heavy atom. The van der Waals surface area contributed by atoms with Crippen molar-refractivity contribution < 1.29 is 19.0 Å². The van der Waals surface area contributed by atoms with Gasteiger partial charge in [-0.1, -0.05) is 6.07 Å². The molecule has 4 aromatic rings. The molecule has 0 unspecified atom stereocenters. The predicted molar refractivity (Wildman–Crippen MR) is 110 cm³/mol. The fourth-order valence-electron chi connectivity index (χ4n) is 4.39. The second-order valence-corrected chi connectivity index (χ2v) is 7.56. The van der Waals surface area contributed by atoms with E-state index < -0.39 is 0 Å². The number of rotatable bonds is 2. The van der Waals surface area contributed by atoms with Crippen LogP contribution in [0.1, 0.15) is 22.7 Å². The van der Waals surface area contributed by atoms with Crippen LogP contribution < -0.4 is 14.8 Å². The van der Waals surface area contributed by atoms with Gasteiger partial charge in [-0.05, 0) is 24.3 Å². The zero-order valence-corrected chi connectivity index (χ0v) is 16.4. The molecular weight excluding hydrogens is 401 g/mol. The third-order valence-electron chi connectivity index (χ3n) is 5.85. The van der Waals surface area contributed by atoms with E-state index in [0.29, 0.717) is 47.4 Å². The van der Waals surface area contributed by atoms with Crippen LogP contribution in [0.2, 0.25) is 0 Å². The van der Waals surface area contributed by atoms with E-state index >= 15 is 0 Å². The molecule has 0 spiro atoms. The first-order valence-corrected chi connectivity index (χ1v) is 9.97. The van der Waals surface area contributed by atoms with E-state index in [-0.39, 0.29) is 24.9 Å². The van der Waals surface area contributed by atoms with E-state index in [4.69, 9.17) is 9.47 Å². The standard InChI is InChI=1S/C22H18FN5O3/c23-16-3-4-18-20-12(9-30-18)10-31-19-6-14(13-2-1-5-24-17(13)8-29)21-27-26-11-28(21)22(19)25-7-15(16)20/h1-6,11-12,25,29H,7-10H2/t12-/m0/s1. The number of fused-ring (bicyclic) bond motifs is 3. The lowest BCUT2D eigenvalue weighted by Gasteiger charge is -2.17. The molecule has 0 fully saturated rings. The number of aliphatic hydroxyl groups excluding tert-OH is 1. The lowest BCUT2D eigenvalue weighted by Crippen LogP contribution is -2.13. The summed E-state index contributed by atoms with van der Waals surface area (Å²) in [4.78, 5) is 4.27. The summed E-state index contributed by atoms with van der Waals surface area (Å²) >= 11 is 0. The Balaban J connectivity index is 1.53. The van der Waals surface area contributed by atoms with Gasteiger partial charge in [0.25, 0.3) is 0 Å². The molecule has 6 rings (SSSR count). The molecule has 2 N–H and O–H groups in total. The first kappa shape index (κ1) is 18.1. The number of halogens is 1. The van der Waals surface area contributed by atoms with Crippen molar-refractivity contribution in [2.75, 3.05) is 18.5 Å². The topological polar surface area (TPSA) is 93.8 Å². The average Bonchev–Trinajstić information content (AvgIpc) is 3.45. The van der Waals surface area contributed by atoms with Crippen LogP contribution in [0.25, 0.3) is 16.8 Å². The van der Waals surface area contributed by atoms with Crippen molar-refractivity contribution in [3.8, 4) is 22.6 Å². The number of hydrogen-bond acceptors (Lipinski definition) is 7. The van der Waals surface area contributed by atoms with Gasteiger partial charge >= 0.3 is 0 Å². The van der Waals surface area contributed by atoms with E-state index in [1.807, 2.05) is 12.1 Å². The summed E-state index contributed by atoms with van der Waals surface area (Å²) in [6, 6.07) is 8.66. The second-order valence-electron chi connectivity index (χ2n) is 7.56. The van der Waals surface area contributed by atoms with Crippen LogP contribution in [0.4, 0.5) is 10.2 Å². The van der Waals surface area contributed by atoms with Crippen molar-refractivity contribution in [2.24, 2.45) is 0 Å². The van der Waals surface area contributed by atoms with Gasteiger partial charge in [-0.2, -0.15) is 0 Å². The predicted octanol–water partition coefficient (Wildman–Crippen LogP) is 2.90. The molecule has 1 atom stereocenters. The van der Waals surface area contributed by atoms with E-state index in [2.05, 4.69) is 20.5 Å². The van der Waals surface area contributed by atoms with Crippen molar-refractivity contribution in [2.45, 2.75) is 19.1 Å². The molecule has 0 amide bonds. The molecule has 1 aromatic carbocycles. The van der Waals surface area contributed by atoms with Crippen LogP contribution in [0.3, 0.4) is 0 Å². The summed E-state index contributed by atoms with van der Waals surface area (Å²) in [6.07, 6.45) is 3.22. The molecule has 8 nitrogen and oxygen atoms in total. The molecule has 2 aliphatic rings. The van der Waals surface area contributed by atoms with Gasteiger partial charge < -0.3 is 19.9 Å². The summed E-state index contributed by atoms with van der Waals surface area (Å²) in [7, 11) is 0. The van der Waals surface area contributed by atoms with Crippen molar-refractivity contribution >= 4 is 11.5 Å². The number of anilines is 1. The Morgan fingerprint density at radius 1 is 1.16 bits per heavy atom. The lowest BCUT2D eigenvalue weighted by atomic mass is 9.96. The fraction of sp³-hybridized carbons (Fsp3) is 0.227. The Hall–Kier alpha value is -3.72. The highest BCUT2D eigenvalue weighted by Gasteiger charge is 2.31. The first-order chi connectivity index (χ1) is 15.2. The molecular formula is C22H18FN5O3. The van der Waals surface area contributed by atoms with Crippen LogP contribution in [0, 0.1) is 5.82 Å². The molecule has 9 heteroatoms. The van der Waals surface area contributed by atoms with E-state index in [1.165, 1.54) is 6.07 Å². The molecule has 0 radical (unpaired) electrons. The zero-order chi connectivity index (χ0) is 20.9. The highest BCUT2D eigenvalue weighted by molar-refractivity contribution is 5.83. The molecule has 31 heavy (non-hydrogen) atoms. The van der Waals surface area contributed by atoms with Gasteiger partial charge in [0, 0.05) is 35.0 Å². The fourth-order valence-corrected chi connectivity index (χ4v) is 4.39. The maximum absolute atomic E-state index is 14.7. The van der Waals surface area contributed by atoms with Crippen LogP contribution in [0.5, 0.6) is 11.5 Å². The maximum atomic E-state index is 14.7. The molecule has 3 aromatic heterocycles. The van der Waals surface area contributed by atoms with Crippen molar-refractivity contribution in [3.63, 3.8) is 0 Å². The van der Waals surface area contributed by atoms with Gasteiger partial charge in [-0.25, -0.2) is 4.39 Å². The molecule has 2 aliphatic heterocycles. The van der Waals surface area contributed by atoms with Crippen LogP contribution >= 0.6 is 0 Å². The third kappa shape index (κ3) is 2.73. The van der Waals surface area contributed by atoms with Crippen LogP contribution in [-0.2, 0) is 13.2 Å². The zero-order valence-electron chi connectivity index (χ0n) is 16.4. The highest BCUT2D eigenvalue weighted by Crippen LogP contribution is 2.42. The number of benzene rings is 1. The molecule has 156 valence electrons. The van der Waals surface area contributed by atoms with Crippen molar-refractivity contribution in [1.82, 2.24) is 19.6 Å². The minimum Gasteiger partial charge on any atom is -0.493 e. The van der Waals surface area contributed by atoms with Gasteiger partial charge in [0.2, 0.25) is 0 Å². The monoisotopic (exact) mass is 419 g/mol. The summed E-state index contributed by atoms with van der Waals surface area (Å²) < 4.78 is 28.5. The summed E-state index contributed by atoms with van der Waals surface area (Å²) in [6.45, 7) is 0.849. The van der Waals surface area contributed by atoms with E-state index in [1.54, 1.807) is 29.1 Å². The molecule has 0 bridgehead atoms. The van der Waals surface area contributed by atoms with E-state index in [9.17, 15) is 9.50 Å². The SMILES string of the molecule is OCc1ncccc1-c1cc2c(n3cnnc13)NCc1c(F)ccc3c1[C@@H](CO3)CO2. The average molecular weight is 419 g/mol. The Morgan fingerprint density at radius 3 is 2.90 bits per heavy atom. The van der Waals surface area contributed by atoms with E-state index in [0.717, 1.165) is 16.7 Å². The Kier molecular flexibility index (Phi) is 4.03. The number of ether oxygens (including phenoxy) is 2. The minimum absolute atomic E-state index is 0.0695. The van der Waals surface area contributed by atoms with Gasteiger partial charge in [0.05, 0.1) is 31.4 Å². The molecule has 0 saturated heterocycles. The van der Waals surface area contributed by atoms with Crippen LogP contribution in [-0.4, -0.2) is 37.9 Å². The quantitative estimate of drug-likeness (QED) is 0.516. The summed E-state index contributed by atoms with van der Waals surface area (Å²) in [5.74, 6) is 1.58. The third-order valence-corrected chi connectivity index (χ3v) is 5.85. The smallest absolute Gasteiger partial charge is 0.170 e. The molecule has 0 aliphatic carbocycles. The number of nitrogens with one attached hydrogen (secondary N) is 1. The number of aromatic nitrogens is 4. The normalized spacial score (nSPS) is 16.9. The Labute approximate surface area is 176 Å². The second kappa shape index (κ2) is 6.92. The largest absolute Gasteiger partial charge is 0.493 e. The maximum Gasteiger partial charge on any atom is 0.170 e. The summed E-state index contributed by atoms with van der Waals surface area (Å²) in [5.41, 5.74) is 4.04. The number of aliphatic hydroxyl groups is 1.